The molecule has 3 aromatic rings. The van der Waals surface area contributed by atoms with Gasteiger partial charge in [-0.2, -0.15) is 11.3 Å². The van der Waals surface area contributed by atoms with Gasteiger partial charge in [-0.15, -0.1) is 11.3 Å². The predicted molar refractivity (Wildman–Crippen MR) is 105 cm³/mol. The Labute approximate surface area is 161 Å². The Balaban J connectivity index is 1.68. The summed E-state index contributed by atoms with van der Waals surface area (Å²) in [7, 11) is -2.00. The number of nitrogens with zero attached hydrogens (tertiary/aromatic N) is 2. The maximum absolute atomic E-state index is 12.5. The lowest BCUT2D eigenvalue weighted by Gasteiger charge is -2.09. The number of aliphatic hydroxyl groups is 1. The molecule has 3 rings (SSSR count). The zero-order valence-corrected chi connectivity index (χ0v) is 17.2. The summed E-state index contributed by atoms with van der Waals surface area (Å²) in [6.45, 7) is 3.81. The predicted octanol–water partition coefficient (Wildman–Crippen LogP) is 3.35. The third-order valence-electron chi connectivity index (χ3n) is 3.91. The molecule has 6 nitrogen and oxygen atoms in total. The van der Waals surface area contributed by atoms with E-state index in [-0.39, 0.29) is 17.5 Å². The molecular formula is C17H21N3O3S3. The molecule has 0 saturated heterocycles. The van der Waals surface area contributed by atoms with Crippen LogP contribution >= 0.6 is 22.7 Å². The summed E-state index contributed by atoms with van der Waals surface area (Å²) >= 11 is 3.07. The molecule has 0 fully saturated rings. The smallest absolute Gasteiger partial charge is 0.259 e. The lowest BCUT2D eigenvalue weighted by atomic mass is 10.2. The van der Waals surface area contributed by atoms with Crippen molar-refractivity contribution in [3.05, 3.63) is 45.9 Å². The maximum Gasteiger partial charge on any atom is 0.259 e. The Morgan fingerprint density at radius 2 is 2.08 bits per heavy atom. The van der Waals surface area contributed by atoms with Crippen LogP contribution in [-0.4, -0.2) is 29.6 Å². The standard InChI is InChI=1S/C17H21N3O3S3/c1-11(2)17-19-16(9-20(17)3)26(22,23)18-8-13(21)15-5-4-14(25-15)12-6-7-24-10-12/h4-7,9-11,13,18,21H,8H2,1-3H3. The van der Waals surface area contributed by atoms with Crippen molar-refractivity contribution < 1.29 is 13.5 Å². The van der Waals surface area contributed by atoms with Crippen molar-refractivity contribution in [3.8, 4) is 10.4 Å². The number of nitrogens with one attached hydrogen (secondary N) is 1. The molecule has 0 radical (unpaired) electrons. The van der Waals surface area contributed by atoms with E-state index in [0.29, 0.717) is 5.82 Å². The fraction of sp³-hybridized carbons (Fsp3) is 0.353. The summed E-state index contributed by atoms with van der Waals surface area (Å²) in [6.07, 6.45) is 0.583. The number of rotatable bonds is 7. The molecule has 0 aliphatic heterocycles. The first-order valence-electron chi connectivity index (χ1n) is 8.11. The quantitative estimate of drug-likeness (QED) is 0.624. The van der Waals surface area contributed by atoms with Gasteiger partial charge in [-0.05, 0) is 29.0 Å². The van der Waals surface area contributed by atoms with Crippen molar-refractivity contribution in [1.82, 2.24) is 14.3 Å². The molecule has 1 atom stereocenters. The fourth-order valence-corrected chi connectivity index (χ4v) is 5.33. The maximum atomic E-state index is 12.5. The van der Waals surface area contributed by atoms with Crippen molar-refractivity contribution in [1.29, 1.82) is 0 Å². The van der Waals surface area contributed by atoms with Crippen LogP contribution in [0.5, 0.6) is 0 Å². The highest BCUT2D eigenvalue weighted by Gasteiger charge is 2.22. The van der Waals surface area contributed by atoms with Crippen molar-refractivity contribution in [2.75, 3.05) is 6.54 Å². The van der Waals surface area contributed by atoms with E-state index in [1.54, 1.807) is 23.0 Å². The van der Waals surface area contributed by atoms with E-state index in [1.807, 2.05) is 42.8 Å². The second-order valence-corrected chi connectivity index (χ2v) is 9.89. The normalized spacial score (nSPS) is 13.4. The number of imidazole rings is 1. The van der Waals surface area contributed by atoms with Crippen LogP contribution < -0.4 is 4.72 Å². The largest absolute Gasteiger partial charge is 0.386 e. The van der Waals surface area contributed by atoms with Crippen LogP contribution in [0.3, 0.4) is 0 Å². The Morgan fingerprint density at radius 3 is 2.69 bits per heavy atom. The minimum Gasteiger partial charge on any atom is -0.386 e. The Morgan fingerprint density at radius 1 is 1.31 bits per heavy atom. The van der Waals surface area contributed by atoms with Gasteiger partial charge in [0.2, 0.25) is 0 Å². The van der Waals surface area contributed by atoms with Crippen LogP contribution in [0.2, 0.25) is 0 Å². The average molecular weight is 412 g/mol. The second-order valence-electron chi connectivity index (χ2n) is 6.28. The third kappa shape index (κ3) is 4.07. The van der Waals surface area contributed by atoms with Crippen LogP contribution in [0.1, 0.15) is 36.6 Å². The van der Waals surface area contributed by atoms with E-state index in [2.05, 4.69) is 9.71 Å². The first-order valence-corrected chi connectivity index (χ1v) is 11.4. The topological polar surface area (TPSA) is 84.2 Å². The first-order chi connectivity index (χ1) is 12.3. The summed E-state index contributed by atoms with van der Waals surface area (Å²) in [4.78, 5) is 5.97. The van der Waals surface area contributed by atoms with Crippen LogP contribution in [0.25, 0.3) is 10.4 Å². The van der Waals surface area contributed by atoms with Gasteiger partial charge in [0.15, 0.2) is 5.03 Å². The average Bonchev–Trinajstić information content (AvgIpc) is 3.31. The zero-order chi connectivity index (χ0) is 18.9. The molecule has 9 heteroatoms. The van der Waals surface area contributed by atoms with Gasteiger partial charge in [-0.25, -0.2) is 18.1 Å². The highest BCUT2D eigenvalue weighted by molar-refractivity contribution is 7.89. The Kier molecular flexibility index (Phi) is 5.64. The van der Waals surface area contributed by atoms with E-state index < -0.39 is 16.1 Å². The highest BCUT2D eigenvalue weighted by atomic mass is 32.2. The molecule has 0 aliphatic carbocycles. The van der Waals surface area contributed by atoms with Crippen LogP contribution in [0.4, 0.5) is 0 Å². The van der Waals surface area contributed by atoms with E-state index >= 15 is 0 Å². The number of hydrogen-bond donors (Lipinski definition) is 2. The first kappa shape index (κ1) is 19.2. The van der Waals surface area contributed by atoms with Crippen molar-refractivity contribution in [2.24, 2.45) is 7.05 Å². The number of aromatic nitrogens is 2. The molecule has 3 heterocycles. The van der Waals surface area contributed by atoms with E-state index in [1.165, 1.54) is 17.5 Å². The molecule has 0 saturated carbocycles. The van der Waals surface area contributed by atoms with E-state index in [4.69, 9.17) is 0 Å². The van der Waals surface area contributed by atoms with Gasteiger partial charge in [-0.3, -0.25) is 0 Å². The molecule has 1 unspecified atom stereocenters. The summed E-state index contributed by atoms with van der Waals surface area (Å²) in [5.74, 6) is 0.820. The van der Waals surface area contributed by atoms with Gasteiger partial charge in [0.25, 0.3) is 10.0 Å². The monoisotopic (exact) mass is 411 g/mol. The fourth-order valence-electron chi connectivity index (χ4n) is 2.57. The van der Waals surface area contributed by atoms with Crippen molar-refractivity contribution >= 4 is 32.7 Å². The summed E-state index contributed by atoms with van der Waals surface area (Å²) < 4.78 is 29.1. The minimum absolute atomic E-state index is 0.0268. The van der Waals surface area contributed by atoms with E-state index in [9.17, 15) is 13.5 Å². The molecule has 3 aromatic heterocycles. The third-order valence-corrected chi connectivity index (χ3v) is 7.12. The molecule has 0 aliphatic rings. The lowest BCUT2D eigenvalue weighted by Crippen LogP contribution is -2.28. The van der Waals surface area contributed by atoms with Crippen LogP contribution in [0, 0.1) is 0 Å². The summed E-state index contributed by atoms with van der Waals surface area (Å²) in [6, 6.07) is 5.78. The second kappa shape index (κ2) is 7.61. The molecule has 0 aromatic carbocycles. The van der Waals surface area contributed by atoms with Crippen molar-refractivity contribution in [3.63, 3.8) is 0 Å². The lowest BCUT2D eigenvalue weighted by molar-refractivity contribution is 0.185. The number of aryl methyl sites for hydroxylation is 1. The molecule has 140 valence electrons. The van der Waals surface area contributed by atoms with Gasteiger partial charge >= 0.3 is 0 Å². The molecular weight excluding hydrogens is 390 g/mol. The summed E-state index contributed by atoms with van der Waals surface area (Å²) in [5.41, 5.74) is 1.11. The van der Waals surface area contributed by atoms with Crippen LogP contribution in [0.15, 0.2) is 40.2 Å². The van der Waals surface area contributed by atoms with Gasteiger partial charge < -0.3 is 9.67 Å². The number of thiophene rings is 2. The number of hydrogen-bond acceptors (Lipinski definition) is 6. The van der Waals surface area contributed by atoms with Gasteiger partial charge in [0.1, 0.15) is 11.9 Å². The minimum atomic E-state index is -3.77. The molecule has 2 N–H and O–H groups in total. The SMILES string of the molecule is CC(C)c1nc(S(=O)(=O)NCC(O)c2ccc(-c3ccsc3)s2)cn1C. The number of aliphatic hydroxyl groups excluding tert-OH is 1. The molecule has 26 heavy (non-hydrogen) atoms. The van der Waals surface area contributed by atoms with Gasteiger partial charge in [0, 0.05) is 41.0 Å². The van der Waals surface area contributed by atoms with Gasteiger partial charge in [0.05, 0.1) is 0 Å². The zero-order valence-electron chi connectivity index (χ0n) is 14.7. The molecule has 0 bridgehead atoms. The summed E-state index contributed by atoms with van der Waals surface area (Å²) in [5, 5.41) is 14.4. The Hall–Kier alpha value is -1.52. The Bertz CT molecular complexity index is 972. The van der Waals surface area contributed by atoms with E-state index in [0.717, 1.165) is 15.3 Å². The number of sulfonamides is 1. The highest BCUT2D eigenvalue weighted by Crippen LogP contribution is 2.32. The van der Waals surface area contributed by atoms with Crippen molar-refractivity contribution in [2.45, 2.75) is 30.9 Å². The van der Waals surface area contributed by atoms with Gasteiger partial charge in [-0.1, -0.05) is 13.8 Å². The molecule has 0 spiro atoms. The van der Waals surface area contributed by atoms with Crippen LogP contribution in [-0.2, 0) is 17.1 Å². The molecule has 0 amide bonds.